The Labute approximate surface area is 170 Å². The first-order valence-corrected chi connectivity index (χ1v) is 12.0. The molecule has 7 heteroatoms. The molecule has 1 aromatic carbocycles. The quantitative estimate of drug-likeness (QED) is 0.670. The molecule has 0 unspecified atom stereocenters. The van der Waals surface area contributed by atoms with Crippen LogP contribution < -0.4 is 9.62 Å². The Kier molecular flexibility index (Phi) is 8.16. The molecule has 28 heavy (non-hydrogen) atoms. The predicted molar refractivity (Wildman–Crippen MR) is 116 cm³/mol. The fourth-order valence-corrected chi connectivity index (χ4v) is 5.04. The van der Waals surface area contributed by atoms with Gasteiger partial charge in [0.05, 0.1) is 5.75 Å². The number of amides is 1. The lowest BCUT2D eigenvalue weighted by Gasteiger charge is -2.35. The summed E-state index contributed by atoms with van der Waals surface area (Å²) in [5.41, 5.74) is 2.53. The van der Waals surface area contributed by atoms with Crippen LogP contribution in [0, 0.1) is 0 Å². The van der Waals surface area contributed by atoms with E-state index >= 15 is 0 Å². The van der Waals surface area contributed by atoms with E-state index in [1.807, 2.05) is 49.9 Å². The van der Waals surface area contributed by atoms with Crippen LogP contribution in [0.15, 0.2) is 18.2 Å². The molecule has 0 atom stereocenters. The molecule has 0 radical (unpaired) electrons. The Morgan fingerprint density at radius 2 is 1.82 bits per heavy atom. The first-order valence-electron chi connectivity index (χ1n) is 10.4. The molecule has 0 heterocycles. The summed E-state index contributed by atoms with van der Waals surface area (Å²) in [5.74, 6) is 0.258. The molecule has 0 aromatic heterocycles. The first kappa shape index (κ1) is 22.5. The number of benzene rings is 1. The van der Waals surface area contributed by atoms with Gasteiger partial charge in [-0.1, -0.05) is 33.1 Å². The molecule has 1 saturated carbocycles. The van der Waals surface area contributed by atoms with Crippen LogP contribution >= 0.6 is 0 Å². The van der Waals surface area contributed by atoms with Gasteiger partial charge in [0.1, 0.15) is 0 Å². The van der Waals surface area contributed by atoms with Crippen molar-refractivity contribution in [3.05, 3.63) is 23.8 Å². The molecule has 1 aliphatic rings. The number of rotatable bonds is 9. The lowest BCUT2D eigenvalue weighted by Crippen LogP contribution is -2.40. The van der Waals surface area contributed by atoms with Crippen molar-refractivity contribution in [1.29, 1.82) is 0 Å². The van der Waals surface area contributed by atoms with E-state index in [2.05, 4.69) is 4.72 Å². The largest absolute Gasteiger partial charge is 0.377 e. The number of hydrogen-bond donors (Lipinski definition) is 1. The van der Waals surface area contributed by atoms with Crippen LogP contribution in [0.2, 0.25) is 0 Å². The van der Waals surface area contributed by atoms with Crippen molar-refractivity contribution in [1.82, 2.24) is 4.90 Å². The summed E-state index contributed by atoms with van der Waals surface area (Å²) in [6.45, 7) is 4.26. The Bertz CT molecular complexity index is 756. The van der Waals surface area contributed by atoms with E-state index in [9.17, 15) is 13.2 Å². The van der Waals surface area contributed by atoms with Gasteiger partial charge >= 0.3 is 0 Å². The number of carbonyl (C=O) groups is 1. The molecular formula is C21H35N3O3S. The van der Waals surface area contributed by atoms with E-state index in [0.717, 1.165) is 36.9 Å². The first-order chi connectivity index (χ1) is 13.3. The highest BCUT2D eigenvalue weighted by Crippen LogP contribution is 2.29. The van der Waals surface area contributed by atoms with Crippen molar-refractivity contribution in [2.75, 3.05) is 29.5 Å². The molecule has 1 aliphatic carbocycles. The van der Waals surface area contributed by atoms with E-state index in [0.29, 0.717) is 25.1 Å². The number of anilines is 2. The smallest absolute Gasteiger partial charge is 0.232 e. The molecule has 1 N–H and O–H groups in total. The fourth-order valence-electron chi connectivity index (χ4n) is 3.91. The van der Waals surface area contributed by atoms with Crippen LogP contribution in [0.1, 0.15) is 64.4 Å². The SMILES string of the molecule is CCCS(=O)(=O)Nc1ccc(N(C)C)c(CN(C(=O)CC)C2CCCCC2)c1. The van der Waals surface area contributed by atoms with Crippen molar-refractivity contribution in [3.8, 4) is 0 Å². The van der Waals surface area contributed by atoms with Crippen molar-refractivity contribution in [3.63, 3.8) is 0 Å². The van der Waals surface area contributed by atoms with Crippen LogP contribution in [-0.4, -0.2) is 45.1 Å². The third kappa shape index (κ3) is 6.12. The van der Waals surface area contributed by atoms with Gasteiger partial charge in [-0.25, -0.2) is 8.42 Å². The Morgan fingerprint density at radius 3 is 2.39 bits per heavy atom. The van der Waals surface area contributed by atoms with Crippen molar-refractivity contribution >= 4 is 27.3 Å². The van der Waals surface area contributed by atoms with Gasteiger partial charge in [0, 0.05) is 44.5 Å². The van der Waals surface area contributed by atoms with Gasteiger partial charge in [-0.15, -0.1) is 0 Å². The average molecular weight is 410 g/mol. The number of carbonyl (C=O) groups excluding carboxylic acids is 1. The van der Waals surface area contributed by atoms with E-state index in [-0.39, 0.29) is 17.7 Å². The summed E-state index contributed by atoms with van der Waals surface area (Å²) in [5, 5.41) is 0. The highest BCUT2D eigenvalue weighted by molar-refractivity contribution is 7.92. The second-order valence-electron chi connectivity index (χ2n) is 7.83. The van der Waals surface area contributed by atoms with Crippen LogP contribution in [0.5, 0.6) is 0 Å². The third-order valence-electron chi connectivity index (χ3n) is 5.29. The molecule has 1 aromatic rings. The Morgan fingerprint density at radius 1 is 1.14 bits per heavy atom. The van der Waals surface area contributed by atoms with Gasteiger partial charge in [0.15, 0.2) is 0 Å². The minimum absolute atomic E-state index is 0.0975. The second-order valence-corrected chi connectivity index (χ2v) is 9.67. The van der Waals surface area contributed by atoms with Crippen molar-refractivity contribution in [2.24, 2.45) is 0 Å². The molecule has 0 aliphatic heterocycles. The summed E-state index contributed by atoms with van der Waals surface area (Å²) < 4.78 is 27.0. The number of hydrogen-bond acceptors (Lipinski definition) is 4. The van der Waals surface area contributed by atoms with Crippen LogP contribution in [0.25, 0.3) is 0 Å². The van der Waals surface area contributed by atoms with Crippen LogP contribution in [0.4, 0.5) is 11.4 Å². The number of nitrogens with one attached hydrogen (secondary N) is 1. The molecule has 6 nitrogen and oxygen atoms in total. The Hall–Kier alpha value is -1.76. The monoisotopic (exact) mass is 409 g/mol. The number of sulfonamides is 1. The molecule has 1 amide bonds. The zero-order chi connectivity index (χ0) is 20.7. The average Bonchev–Trinajstić information content (AvgIpc) is 2.65. The summed E-state index contributed by atoms with van der Waals surface area (Å²) in [6.07, 6.45) is 6.71. The normalized spacial score (nSPS) is 15.3. The standard InChI is InChI=1S/C21H35N3O3S/c1-5-14-28(26,27)22-18-12-13-20(23(3)4)17(15-18)16-24(21(25)6-2)19-10-8-7-9-11-19/h12-13,15,19,22H,5-11,14,16H2,1-4H3. The van der Waals surface area contributed by atoms with Crippen LogP contribution in [0.3, 0.4) is 0 Å². The van der Waals surface area contributed by atoms with E-state index in [4.69, 9.17) is 0 Å². The maximum absolute atomic E-state index is 12.7. The molecule has 0 spiro atoms. The minimum atomic E-state index is -3.35. The van der Waals surface area contributed by atoms with Crippen molar-refractivity contribution < 1.29 is 13.2 Å². The highest BCUT2D eigenvalue weighted by Gasteiger charge is 2.25. The zero-order valence-electron chi connectivity index (χ0n) is 17.7. The van der Waals surface area contributed by atoms with Gasteiger partial charge in [-0.05, 0) is 43.0 Å². The predicted octanol–water partition coefficient (Wildman–Crippen LogP) is 3.98. The Balaban J connectivity index is 2.33. The van der Waals surface area contributed by atoms with Gasteiger partial charge in [-0.2, -0.15) is 0 Å². The summed E-state index contributed by atoms with van der Waals surface area (Å²) in [4.78, 5) is 16.7. The minimum Gasteiger partial charge on any atom is -0.377 e. The maximum Gasteiger partial charge on any atom is 0.232 e. The molecule has 158 valence electrons. The lowest BCUT2D eigenvalue weighted by molar-refractivity contribution is -0.134. The van der Waals surface area contributed by atoms with E-state index < -0.39 is 10.0 Å². The van der Waals surface area contributed by atoms with Gasteiger partial charge in [0.2, 0.25) is 15.9 Å². The molecule has 2 rings (SSSR count). The van der Waals surface area contributed by atoms with Crippen molar-refractivity contribution in [2.45, 2.75) is 71.4 Å². The molecular weight excluding hydrogens is 374 g/mol. The summed E-state index contributed by atoms with van der Waals surface area (Å²) in [7, 11) is 0.581. The van der Waals surface area contributed by atoms with Gasteiger partial charge in [0.25, 0.3) is 0 Å². The number of nitrogens with zero attached hydrogens (tertiary/aromatic N) is 2. The van der Waals surface area contributed by atoms with E-state index in [1.165, 1.54) is 6.42 Å². The van der Waals surface area contributed by atoms with Gasteiger partial charge < -0.3 is 9.80 Å². The topological polar surface area (TPSA) is 69.7 Å². The summed E-state index contributed by atoms with van der Waals surface area (Å²) >= 11 is 0. The lowest BCUT2D eigenvalue weighted by atomic mass is 9.93. The van der Waals surface area contributed by atoms with E-state index in [1.54, 1.807) is 6.07 Å². The summed E-state index contributed by atoms with van der Waals surface area (Å²) in [6, 6.07) is 5.87. The third-order valence-corrected chi connectivity index (χ3v) is 6.78. The fraction of sp³-hybridized carbons (Fsp3) is 0.667. The van der Waals surface area contributed by atoms with Crippen LogP contribution in [-0.2, 0) is 21.4 Å². The maximum atomic E-state index is 12.7. The zero-order valence-corrected chi connectivity index (χ0v) is 18.5. The second kappa shape index (κ2) is 10.1. The highest BCUT2D eigenvalue weighted by atomic mass is 32.2. The molecule has 0 bridgehead atoms. The molecule has 1 fully saturated rings. The van der Waals surface area contributed by atoms with Gasteiger partial charge in [-0.3, -0.25) is 9.52 Å². The molecule has 0 saturated heterocycles.